The predicted octanol–water partition coefficient (Wildman–Crippen LogP) is 3.44. The minimum Gasteiger partial charge on any atom is -0.348 e. The first kappa shape index (κ1) is 20.8. The van der Waals surface area contributed by atoms with E-state index in [1.54, 1.807) is 24.3 Å². The lowest BCUT2D eigenvalue weighted by Gasteiger charge is -2.18. The molecule has 0 spiro atoms. The van der Waals surface area contributed by atoms with E-state index in [9.17, 15) is 18.0 Å². The number of hydrogen-bond donors (Lipinski definition) is 1. The van der Waals surface area contributed by atoms with Crippen LogP contribution in [0.4, 0.5) is 0 Å². The Hall–Kier alpha value is -3.45. The van der Waals surface area contributed by atoms with Crippen LogP contribution in [-0.2, 0) is 21.2 Å². The van der Waals surface area contributed by atoms with Crippen LogP contribution in [-0.4, -0.2) is 25.1 Å². The summed E-state index contributed by atoms with van der Waals surface area (Å²) in [6.07, 6.45) is 1.16. The van der Waals surface area contributed by atoms with Gasteiger partial charge >= 0.3 is 0 Å². The highest BCUT2D eigenvalue weighted by molar-refractivity contribution is 7.90. The van der Waals surface area contributed by atoms with Gasteiger partial charge in [0, 0.05) is 17.0 Å². The Labute approximate surface area is 180 Å². The highest BCUT2D eigenvalue weighted by Gasteiger charge is 2.15. The second-order valence-corrected chi connectivity index (χ2v) is 9.60. The molecule has 1 heterocycles. The maximum Gasteiger partial charge on any atom is 0.240 e. The molecule has 1 aromatic heterocycles. The van der Waals surface area contributed by atoms with E-state index in [0.717, 1.165) is 11.8 Å². The molecule has 1 atom stereocenters. The van der Waals surface area contributed by atoms with Crippen molar-refractivity contribution in [3.8, 4) is 0 Å². The van der Waals surface area contributed by atoms with Gasteiger partial charge in [-0.15, -0.1) is 0 Å². The summed E-state index contributed by atoms with van der Waals surface area (Å²) in [5.41, 5.74) is 2.15. The molecule has 1 N–H and O–H groups in total. The molecular weight excluding hydrogens is 412 g/mol. The smallest absolute Gasteiger partial charge is 0.240 e. The number of amides is 1. The number of hydrogen-bond acceptors (Lipinski definition) is 4. The minimum atomic E-state index is -3.27. The average molecular weight is 435 g/mol. The average Bonchev–Trinajstić information content (AvgIpc) is 2.76. The van der Waals surface area contributed by atoms with Crippen molar-refractivity contribution in [1.82, 2.24) is 9.88 Å². The number of nitrogens with one attached hydrogen (secondary N) is 1. The number of pyridine rings is 1. The summed E-state index contributed by atoms with van der Waals surface area (Å²) in [6.45, 7) is 1.89. The molecule has 0 saturated heterocycles. The Morgan fingerprint density at radius 3 is 1.94 bits per heavy atom. The van der Waals surface area contributed by atoms with Gasteiger partial charge in [-0.2, -0.15) is 0 Å². The summed E-state index contributed by atoms with van der Waals surface area (Å²) >= 11 is 0. The zero-order chi connectivity index (χ0) is 22.2. The van der Waals surface area contributed by atoms with Crippen LogP contribution in [0.3, 0.4) is 0 Å². The Kier molecular flexibility index (Phi) is 5.37. The standard InChI is InChI=1S/C24H22N2O4S/c1-16(17-11-13-18(14-12-17)31(2,29)30)25-23(27)15-26-21-9-5-3-7-19(21)24(28)20-8-4-6-10-22(20)26/h3-14,16H,15H2,1-2H3,(H,25,27). The van der Waals surface area contributed by atoms with Crippen LogP contribution in [0.1, 0.15) is 18.5 Å². The summed E-state index contributed by atoms with van der Waals surface area (Å²) in [5, 5.41) is 4.10. The van der Waals surface area contributed by atoms with E-state index in [1.807, 2.05) is 47.9 Å². The Balaban J connectivity index is 1.64. The van der Waals surface area contributed by atoms with E-state index in [4.69, 9.17) is 0 Å². The topological polar surface area (TPSA) is 85.2 Å². The van der Waals surface area contributed by atoms with Gasteiger partial charge in [0.25, 0.3) is 0 Å². The van der Waals surface area contributed by atoms with Crippen molar-refractivity contribution in [2.45, 2.75) is 24.4 Å². The quantitative estimate of drug-likeness (QED) is 0.488. The molecule has 158 valence electrons. The van der Waals surface area contributed by atoms with Crippen LogP contribution < -0.4 is 10.7 Å². The second kappa shape index (κ2) is 8.00. The minimum absolute atomic E-state index is 0.0487. The molecule has 1 unspecified atom stereocenters. The molecule has 0 bridgehead atoms. The summed E-state index contributed by atoms with van der Waals surface area (Å²) < 4.78 is 25.1. The normalized spacial score (nSPS) is 12.7. The third kappa shape index (κ3) is 4.09. The van der Waals surface area contributed by atoms with Gasteiger partial charge in [-0.1, -0.05) is 36.4 Å². The van der Waals surface area contributed by atoms with Crippen LogP contribution in [0.2, 0.25) is 0 Å². The van der Waals surface area contributed by atoms with Gasteiger partial charge in [-0.25, -0.2) is 8.42 Å². The molecule has 31 heavy (non-hydrogen) atoms. The maximum absolute atomic E-state index is 12.9. The van der Waals surface area contributed by atoms with Crippen molar-refractivity contribution < 1.29 is 13.2 Å². The van der Waals surface area contributed by atoms with Crippen molar-refractivity contribution in [3.63, 3.8) is 0 Å². The van der Waals surface area contributed by atoms with E-state index in [0.29, 0.717) is 21.8 Å². The van der Waals surface area contributed by atoms with Crippen molar-refractivity contribution in [2.75, 3.05) is 6.26 Å². The van der Waals surface area contributed by atoms with Gasteiger partial charge < -0.3 is 9.88 Å². The Morgan fingerprint density at radius 1 is 0.903 bits per heavy atom. The van der Waals surface area contributed by atoms with Crippen LogP contribution >= 0.6 is 0 Å². The highest BCUT2D eigenvalue weighted by Crippen LogP contribution is 2.20. The van der Waals surface area contributed by atoms with Crippen molar-refractivity contribution >= 4 is 37.6 Å². The maximum atomic E-state index is 12.9. The Bertz CT molecular complexity index is 1390. The molecule has 4 aromatic rings. The number of fused-ring (bicyclic) bond motifs is 2. The first-order valence-corrected chi connectivity index (χ1v) is 11.7. The first-order chi connectivity index (χ1) is 14.8. The fourth-order valence-electron chi connectivity index (χ4n) is 3.76. The summed E-state index contributed by atoms with van der Waals surface area (Å²) in [5.74, 6) is -0.210. The molecule has 3 aromatic carbocycles. The van der Waals surface area contributed by atoms with Crippen LogP contribution in [0, 0.1) is 0 Å². The zero-order valence-electron chi connectivity index (χ0n) is 17.2. The molecule has 4 rings (SSSR count). The SMILES string of the molecule is CC(NC(=O)Cn1c2ccccc2c(=O)c2ccccc21)c1ccc(S(C)(=O)=O)cc1. The summed E-state index contributed by atoms with van der Waals surface area (Å²) in [6, 6.07) is 20.7. The number of benzene rings is 3. The number of carbonyl (C=O) groups is 1. The molecular formula is C24H22N2O4S. The molecule has 0 fully saturated rings. The van der Waals surface area contributed by atoms with E-state index < -0.39 is 9.84 Å². The highest BCUT2D eigenvalue weighted by atomic mass is 32.2. The number of rotatable bonds is 5. The molecule has 0 radical (unpaired) electrons. The second-order valence-electron chi connectivity index (χ2n) is 7.58. The van der Waals surface area contributed by atoms with Crippen LogP contribution in [0.15, 0.2) is 82.5 Å². The van der Waals surface area contributed by atoms with E-state index in [1.165, 1.54) is 12.1 Å². The predicted molar refractivity (Wildman–Crippen MR) is 122 cm³/mol. The fourth-order valence-corrected chi connectivity index (χ4v) is 4.40. The molecule has 6 nitrogen and oxygen atoms in total. The van der Waals surface area contributed by atoms with E-state index >= 15 is 0 Å². The lowest BCUT2D eigenvalue weighted by Crippen LogP contribution is -2.30. The van der Waals surface area contributed by atoms with Gasteiger partial charge in [0.05, 0.1) is 22.0 Å². The molecule has 0 aliphatic carbocycles. The third-order valence-corrected chi connectivity index (χ3v) is 6.49. The third-order valence-electron chi connectivity index (χ3n) is 5.37. The van der Waals surface area contributed by atoms with Crippen molar-refractivity contribution in [2.24, 2.45) is 0 Å². The van der Waals surface area contributed by atoms with Gasteiger partial charge in [0.2, 0.25) is 5.91 Å². The van der Waals surface area contributed by atoms with Gasteiger partial charge in [0.15, 0.2) is 15.3 Å². The summed E-state index contributed by atoms with van der Waals surface area (Å²) in [4.78, 5) is 26.0. The zero-order valence-corrected chi connectivity index (χ0v) is 18.0. The molecule has 0 aliphatic rings. The number of carbonyl (C=O) groups excluding carboxylic acids is 1. The van der Waals surface area contributed by atoms with Gasteiger partial charge in [-0.3, -0.25) is 9.59 Å². The Morgan fingerprint density at radius 2 is 1.42 bits per heavy atom. The van der Waals surface area contributed by atoms with Crippen LogP contribution in [0.25, 0.3) is 21.8 Å². The number of para-hydroxylation sites is 2. The lowest BCUT2D eigenvalue weighted by atomic mass is 10.1. The molecule has 1 amide bonds. The monoisotopic (exact) mass is 434 g/mol. The first-order valence-electron chi connectivity index (χ1n) is 9.85. The fraction of sp³-hybridized carbons (Fsp3) is 0.167. The van der Waals surface area contributed by atoms with E-state index in [2.05, 4.69) is 5.32 Å². The van der Waals surface area contributed by atoms with Gasteiger partial charge in [0.1, 0.15) is 6.54 Å². The summed E-state index contributed by atoms with van der Waals surface area (Å²) in [7, 11) is -3.27. The number of aromatic nitrogens is 1. The molecule has 0 aliphatic heterocycles. The van der Waals surface area contributed by atoms with E-state index in [-0.39, 0.29) is 28.8 Å². The largest absolute Gasteiger partial charge is 0.348 e. The molecule has 0 saturated carbocycles. The number of nitrogens with zero attached hydrogens (tertiary/aromatic N) is 1. The van der Waals surface area contributed by atoms with Crippen LogP contribution in [0.5, 0.6) is 0 Å². The van der Waals surface area contributed by atoms with Gasteiger partial charge in [-0.05, 0) is 48.9 Å². The lowest BCUT2D eigenvalue weighted by molar-refractivity contribution is -0.122. The number of sulfone groups is 1. The molecule has 7 heteroatoms. The van der Waals surface area contributed by atoms with Crippen molar-refractivity contribution in [1.29, 1.82) is 0 Å². The van der Waals surface area contributed by atoms with Crippen molar-refractivity contribution in [3.05, 3.63) is 88.6 Å².